The highest BCUT2D eigenvalue weighted by Gasteiger charge is 2.19. The Morgan fingerprint density at radius 2 is 1.82 bits per heavy atom. The zero-order valence-electron chi connectivity index (χ0n) is 15.3. The van der Waals surface area contributed by atoms with E-state index in [1.54, 1.807) is 6.07 Å². The Hall–Kier alpha value is -2.72. The van der Waals surface area contributed by atoms with E-state index in [4.69, 9.17) is 22.3 Å². The zero-order valence-corrected chi connectivity index (χ0v) is 16.1. The number of carbonyl (C=O) groups excluding carboxylic acids is 1. The van der Waals surface area contributed by atoms with Crippen molar-refractivity contribution in [1.82, 2.24) is 4.98 Å². The fourth-order valence-corrected chi connectivity index (χ4v) is 4.05. The lowest BCUT2D eigenvalue weighted by Gasteiger charge is -2.12. The molecule has 1 aromatic heterocycles. The number of hydrogen-bond acceptors (Lipinski definition) is 2. The molecule has 0 unspecified atom stereocenters. The Balaban J connectivity index is 1.68. The second-order valence-electron chi connectivity index (χ2n) is 7.24. The van der Waals surface area contributed by atoms with E-state index in [0.29, 0.717) is 10.6 Å². The molecule has 3 nitrogen and oxygen atoms in total. The number of halogens is 2. The van der Waals surface area contributed by atoms with Crippen LogP contribution in [-0.4, -0.2) is 10.9 Å². The molecule has 1 heterocycles. The number of aryl methyl sites for hydroxylation is 1. The van der Waals surface area contributed by atoms with Crippen LogP contribution in [0.1, 0.15) is 34.4 Å². The highest BCUT2D eigenvalue weighted by Crippen LogP contribution is 2.31. The third-order valence-electron chi connectivity index (χ3n) is 5.10. The molecule has 0 aliphatic heterocycles. The number of amides is 1. The SMILES string of the molecule is NC(=O)Cc1ccc(Cc2cc(-c3cc(F)cc(Cl)c3)nc3c2CCC3)cc1. The van der Waals surface area contributed by atoms with Crippen LogP contribution >= 0.6 is 11.6 Å². The monoisotopic (exact) mass is 394 g/mol. The van der Waals surface area contributed by atoms with E-state index >= 15 is 0 Å². The summed E-state index contributed by atoms with van der Waals surface area (Å²) in [6.45, 7) is 0. The van der Waals surface area contributed by atoms with Gasteiger partial charge in [0.05, 0.1) is 12.1 Å². The number of carbonyl (C=O) groups is 1. The molecule has 1 aliphatic rings. The molecule has 0 saturated heterocycles. The number of fused-ring (bicyclic) bond motifs is 1. The van der Waals surface area contributed by atoms with Crippen LogP contribution in [0.15, 0.2) is 48.5 Å². The third-order valence-corrected chi connectivity index (χ3v) is 5.32. The molecule has 4 rings (SSSR count). The Kier molecular flexibility index (Phi) is 5.14. The molecule has 2 N–H and O–H groups in total. The van der Waals surface area contributed by atoms with E-state index < -0.39 is 0 Å². The summed E-state index contributed by atoms with van der Waals surface area (Å²) >= 11 is 6.04. The van der Waals surface area contributed by atoms with Crippen LogP contribution in [0.3, 0.4) is 0 Å². The van der Waals surface area contributed by atoms with E-state index in [2.05, 4.69) is 0 Å². The van der Waals surface area contributed by atoms with Crippen LogP contribution < -0.4 is 5.73 Å². The first-order chi connectivity index (χ1) is 13.5. The van der Waals surface area contributed by atoms with Gasteiger partial charge in [-0.1, -0.05) is 35.9 Å². The lowest BCUT2D eigenvalue weighted by Crippen LogP contribution is -2.13. The van der Waals surface area contributed by atoms with E-state index in [1.165, 1.54) is 23.3 Å². The minimum Gasteiger partial charge on any atom is -0.369 e. The number of hydrogen-bond donors (Lipinski definition) is 1. The highest BCUT2D eigenvalue weighted by molar-refractivity contribution is 6.30. The Morgan fingerprint density at radius 1 is 1.07 bits per heavy atom. The standard InChI is InChI=1S/C23H20ClFN2O/c24-18-10-17(11-19(25)13-18)22-12-16(20-2-1-3-21(20)27-22)8-14-4-6-15(7-5-14)9-23(26)28/h4-7,10-13H,1-3,8-9H2,(H2,26,28). The molecule has 3 aromatic rings. The van der Waals surface area contributed by atoms with Crippen LogP contribution in [0.5, 0.6) is 0 Å². The molecular weight excluding hydrogens is 375 g/mol. The maximum absolute atomic E-state index is 13.8. The van der Waals surface area contributed by atoms with Crippen molar-refractivity contribution in [2.24, 2.45) is 5.73 Å². The molecule has 0 radical (unpaired) electrons. The van der Waals surface area contributed by atoms with Gasteiger partial charge < -0.3 is 5.73 Å². The van der Waals surface area contributed by atoms with Crippen molar-refractivity contribution in [1.29, 1.82) is 0 Å². The van der Waals surface area contributed by atoms with Crippen LogP contribution in [0.2, 0.25) is 5.02 Å². The Labute approximate surface area is 168 Å². The van der Waals surface area contributed by atoms with Gasteiger partial charge in [-0.3, -0.25) is 9.78 Å². The van der Waals surface area contributed by atoms with Crippen molar-refractivity contribution >= 4 is 17.5 Å². The summed E-state index contributed by atoms with van der Waals surface area (Å²) in [6.07, 6.45) is 4.05. The molecule has 0 atom stereocenters. The van der Waals surface area contributed by atoms with Crippen LogP contribution in [-0.2, 0) is 30.5 Å². The summed E-state index contributed by atoms with van der Waals surface area (Å²) in [4.78, 5) is 15.8. The summed E-state index contributed by atoms with van der Waals surface area (Å²) in [5.74, 6) is -0.700. The zero-order chi connectivity index (χ0) is 19.7. The summed E-state index contributed by atoms with van der Waals surface area (Å²) in [5.41, 5.74) is 12.4. The van der Waals surface area contributed by atoms with Crippen LogP contribution in [0.4, 0.5) is 4.39 Å². The van der Waals surface area contributed by atoms with Crippen molar-refractivity contribution in [3.05, 3.63) is 87.3 Å². The molecule has 0 saturated carbocycles. The molecule has 1 amide bonds. The van der Waals surface area contributed by atoms with Crippen molar-refractivity contribution in [2.75, 3.05) is 0 Å². The van der Waals surface area contributed by atoms with Gasteiger partial charge in [0.2, 0.25) is 5.91 Å². The van der Waals surface area contributed by atoms with Gasteiger partial charge in [0, 0.05) is 16.3 Å². The molecule has 28 heavy (non-hydrogen) atoms. The number of aromatic nitrogens is 1. The van der Waals surface area contributed by atoms with Crippen molar-refractivity contribution in [3.63, 3.8) is 0 Å². The summed E-state index contributed by atoms with van der Waals surface area (Å²) in [7, 11) is 0. The van der Waals surface area contributed by atoms with Crippen LogP contribution in [0.25, 0.3) is 11.3 Å². The molecule has 142 valence electrons. The third kappa shape index (κ3) is 4.07. The summed E-state index contributed by atoms with van der Waals surface area (Å²) in [6, 6.07) is 14.5. The summed E-state index contributed by atoms with van der Waals surface area (Å²) in [5, 5.41) is 0.365. The first-order valence-corrected chi connectivity index (χ1v) is 9.70. The molecule has 5 heteroatoms. The second-order valence-corrected chi connectivity index (χ2v) is 7.68. The number of primary amides is 1. The molecule has 0 fully saturated rings. The number of rotatable bonds is 5. The van der Waals surface area contributed by atoms with E-state index in [-0.39, 0.29) is 18.1 Å². The number of pyridine rings is 1. The van der Waals surface area contributed by atoms with Gasteiger partial charge in [-0.2, -0.15) is 0 Å². The Bertz CT molecular complexity index is 1030. The predicted octanol–water partition coefficient (Wildman–Crippen LogP) is 4.65. The van der Waals surface area contributed by atoms with Gasteiger partial charge >= 0.3 is 0 Å². The average molecular weight is 395 g/mol. The largest absolute Gasteiger partial charge is 0.369 e. The predicted molar refractivity (Wildman–Crippen MR) is 109 cm³/mol. The van der Waals surface area contributed by atoms with Gasteiger partial charge in [-0.05, 0) is 72.2 Å². The fourth-order valence-electron chi connectivity index (χ4n) is 3.83. The van der Waals surface area contributed by atoms with E-state index in [9.17, 15) is 9.18 Å². The van der Waals surface area contributed by atoms with Crippen molar-refractivity contribution in [2.45, 2.75) is 32.1 Å². The van der Waals surface area contributed by atoms with Gasteiger partial charge in [0.15, 0.2) is 0 Å². The lowest BCUT2D eigenvalue weighted by molar-refractivity contribution is -0.117. The number of nitrogens with two attached hydrogens (primary N) is 1. The van der Waals surface area contributed by atoms with Crippen LogP contribution in [0, 0.1) is 5.82 Å². The maximum atomic E-state index is 13.8. The summed E-state index contributed by atoms with van der Waals surface area (Å²) < 4.78 is 13.8. The minimum atomic E-state index is -0.364. The fraction of sp³-hybridized carbons (Fsp3) is 0.217. The smallest absolute Gasteiger partial charge is 0.221 e. The number of nitrogens with zero attached hydrogens (tertiary/aromatic N) is 1. The quantitative estimate of drug-likeness (QED) is 0.684. The van der Waals surface area contributed by atoms with Gasteiger partial charge in [0.25, 0.3) is 0 Å². The average Bonchev–Trinajstić information content (AvgIpc) is 3.11. The van der Waals surface area contributed by atoms with Crippen molar-refractivity contribution < 1.29 is 9.18 Å². The minimum absolute atomic E-state index is 0.245. The second kappa shape index (κ2) is 7.72. The molecule has 0 bridgehead atoms. The molecule has 2 aromatic carbocycles. The highest BCUT2D eigenvalue weighted by atomic mass is 35.5. The van der Waals surface area contributed by atoms with Gasteiger partial charge in [0.1, 0.15) is 5.82 Å². The van der Waals surface area contributed by atoms with E-state index in [0.717, 1.165) is 48.2 Å². The normalized spacial score (nSPS) is 12.8. The molecule has 1 aliphatic carbocycles. The molecular formula is C23H20ClFN2O. The maximum Gasteiger partial charge on any atom is 0.221 e. The topological polar surface area (TPSA) is 56.0 Å². The first-order valence-electron chi connectivity index (χ1n) is 9.32. The van der Waals surface area contributed by atoms with Crippen molar-refractivity contribution in [3.8, 4) is 11.3 Å². The Morgan fingerprint density at radius 3 is 2.54 bits per heavy atom. The van der Waals surface area contributed by atoms with Gasteiger partial charge in [-0.25, -0.2) is 4.39 Å². The first kappa shape index (κ1) is 18.6. The lowest BCUT2D eigenvalue weighted by atomic mass is 9.96. The molecule has 0 spiro atoms. The number of benzene rings is 2. The van der Waals surface area contributed by atoms with Gasteiger partial charge in [-0.15, -0.1) is 0 Å². The van der Waals surface area contributed by atoms with E-state index in [1.807, 2.05) is 30.3 Å².